The number of oxime groups is 1. The third-order valence-corrected chi connectivity index (χ3v) is 4.94. The molecule has 0 radical (unpaired) electrons. The maximum atomic E-state index is 11.6. The smallest absolute Gasteiger partial charge is 0.367 e. The molecule has 0 spiro atoms. The van der Waals surface area contributed by atoms with E-state index in [9.17, 15) is 14.9 Å². The van der Waals surface area contributed by atoms with Crippen LogP contribution >= 0.6 is 0 Å². The second-order valence-corrected chi connectivity index (χ2v) is 6.82. The number of hydrogen-bond donors (Lipinski definition) is 0. The van der Waals surface area contributed by atoms with E-state index in [1.165, 1.54) is 6.07 Å². The minimum absolute atomic E-state index is 0.0676. The van der Waals surface area contributed by atoms with Gasteiger partial charge in [0.2, 0.25) is 0 Å². The van der Waals surface area contributed by atoms with E-state index in [1.807, 2.05) is 6.07 Å². The zero-order chi connectivity index (χ0) is 19.7. The number of piperidine rings is 1. The van der Waals surface area contributed by atoms with Gasteiger partial charge < -0.3 is 14.2 Å². The van der Waals surface area contributed by atoms with Gasteiger partial charge in [0.25, 0.3) is 5.69 Å². The quantitative estimate of drug-likeness (QED) is 0.341. The number of carbonyl (C=O) groups is 1. The molecule has 0 saturated carbocycles. The first-order chi connectivity index (χ1) is 13.5. The Morgan fingerprint density at radius 3 is 2.64 bits per heavy atom. The highest BCUT2D eigenvalue weighted by molar-refractivity contribution is 6.24. The molecule has 2 aliphatic rings. The van der Waals surface area contributed by atoms with E-state index >= 15 is 0 Å². The minimum atomic E-state index is -0.531. The molecule has 8 heteroatoms. The fraction of sp³-hybridized carbons (Fsp3) is 0.300. The van der Waals surface area contributed by atoms with Crippen LogP contribution in [-0.2, 0) is 9.63 Å². The van der Waals surface area contributed by atoms with Gasteiger partial charge in [-0.1, -0.05) is 5.16 Å². The lowest BCUT2D eigenvalue weighted by Crippen LogP contribution is -2.29. The lowest BCUT2D eigenvalue weighted by atomic mass is 10.1. The van der Waals surface area contributed by atoms with E-state index in [2.05, 4.69) is 14.9 Å². The number of anilines is 1. The van der Waals surface area contributed by atoms with Crippen molar-refractivity contribution in [2.24, 2.45) is 5.16 Å². The first-order valence-corrected chi connectivity index (χ1v) is 9.14. The van der Waals surface area contributed by atoms with E-state index < -0.39 is 5.97 Å². The van der Waals surface area contributed by atoms with Crippen molar-refractivity contribution in [1.29, 1.82) is 0 Å². The second-order valence-electron chi connectivity index (χ2n) is 6.82. The highest BCUT2D eigenvalue weighted by atomic mass is 16.7. The van der Waals surface area contributed by atoms with E-state index in [-0.39, 0.29) is 10.6 Å². The average molecular weight is 381 g/mol. The number of furan rings is 1. The summed E-state index contributed by atoms with van der Waals surface area (Å²) in [7, 11) is 0. The summed E-state index contributed by atoms with van der Waals surface area (Å²) in [6, 6.07) is 8.56. The second kappa shape index (κ2) is 7.30. The molecule has 0 atom stereocenters. The zero-order valence-electron chi connectivity index (χ0n) is 15.4. The first-order valence-electron chi connectivity index (χ1n) is 9.14. The lowest BCUT2D eigenvalue weighted by molar-refractivity contribution is -0.384. The van der Waals surface area contributed by atoms with Gasteiger partial charge in [-0.25, -0.2) is 4.79 Å². The van der Waals surface area contributed by atoms with Crippen molar-refractivity contribution in [2.45, 2.75) is 26.2 Å². The van der Waals surface area contributed by atoms with E-state index in [4.69, 9.17) is 4.42 Å². The summed E-state index contributed by atoms with van der Waals surface area (Å²) in [6.07, 6.45) is 4.79. The Kier molecular flexibility index (Phi) is 4.68. The van der Waals surface area contributed by atoms with Gasteiger partial charge in [-0.2, -0.15) is 0 Å². The number of carbonyl (C=O) groups excluding carboxylic acids is 1. The van der Waals surface area contributed by atoms with Crippen LogP contribution in [0, 0.1) is 10.1 Å². The largest absolute Gasteiger partial charge is 0.457 e. The van der Waals surface area contributed by atoms with Crippen LogP contribution in [-0.4, -0.2) is 29.7 Å². The highest BCUT2D eigenvalue weighted by Gasteiger charge is 2.24. The van der Waals surface area contributed by atoms with E-state index in [0.717, 1.165) is 32.4 Å². The molecule has 0 N–H and O–H groups in total. The van der Waals surface area contributed by atoms with Gasteiger partial charge in [0, 0.05) is 24.7 Å². The lowest BCUT2D eigenvalue weighted by Gasteiger charge is -2.28. The fourth-order valence-corrected chi connectivity index (χ4v) is 3.47. The third-order valence-electron chi connectivity index (χ3n) is 4.94. The molecular weight excluding hydrogens is 362 g/mol. The molecule has 0 bridgehead atoms. The van der Waals surface area contributed by atoms with Gasteiger partial charge in [0.1, 0.15) is 17.2 Å². The summed E-state index contributed by atoms with van der Waals surface area (Å²) in [4.78, 5) is 29.6. The maximum absolute atomic E-state index is 11.6. The molecule has 28 heavy (non-hydrogen) atoms. The van der Waals surface area contributed by atoms with Crippen LogP contribution in [0.1, 0.15) is 31.9 Å². The van der Waals surface area contributed by atoms with Crippen molar-refractivity contribution in [3.05, 3.63) is 51.8 Å². The van der Waals surface area contributed by atoms with Crippen LogP contribution in [0.15, 0.2) is 45.5 Å². The Balaban J connectivity index is 1.65. The number of benzene rings is 1. The molecule has 0 amide bonds. The Morgan fingerprint density at radius 1 is 1.18 bits per heavy atom. The van der Waals surface area contributed by atoms with Crippen molar-refractivity contribution < 1.29 is 19.0 Å². The van der Waals surface area contributed by atoms with Crippen molar-refractivity contribution in [2.75, 3.05) is 18.0 Å². The molecule has 1 aromatic heterocycles. The SMILES string of the molecule is CC1=NOC(=O)/C1=C/c1ccc(-c2ccc(N3CCCCC3)c([N+](=O)[O-])c2)o1. The van der Waals surface area contributed by atoms with Crippen LogP contribution in [0.5, 0.6) is 0 Å². The van der Waals surface area contributed by atoms with Crippen molar-refractivity contribution in [1.82, 2.24) is 0 Å². The summed E-state index contributed by atoms with van der Waals surface area (Å²) in [5, 5.41) is 15.3. The fourth-order valence-electron chi connectivity index (χ4n) is 3.47. The molecule has 3 heterocycles. The predicted octanol–water partition coefficient (Wildman–Crippen LogP) is 4.16. The number of rotatable bonds is 4. The molecule has 1 fully saturated rings. The van der Waals surface area contributed by atoms with Crippen molar-refractivity contribution >= 4 is 29.1 Å². The third kappa shape index (κ3) is 3.40. The van der Waals surface area contributed by atoms with Crippen molar-refractivity contribution in [3.63, 3.8) is 0 Å². The normalized spacial score (nSPS) is 18.3. The summed E-state index contributed by atoms with van der Waals surface area (Å²) in [5.41, 5.74) is 2.12. The Morgan fingerprint density at radius 2 is 1.96 bits per heavy atom. The van der Waals surface area contributed by atoms with Crippen LogP contribution < -0.4 is 4.90 Å². The molecule has 0 aliphatic carbocycles. The molecule has 2 aliphatic heterocycles. The van der Waals surface area contributed by atoms with Crippen LogP contribution in [0.25, 0.3) is 17.4 Å². The minimum Gasteiger partial charge on any atom is -0.457 e. The van der Waals surface area contributed by atoms with E-state index in [0.29, 0.717) is 34.1 Å². The Labute approximate surface area is 161 Å². The number of nitro benzene ring substituents is 1. The van der Waals surface area contributed by atoms with Gasteiger partial charge in [-0.05, 0) is 56.5 Å². The summed E-state index contributed by atoms with van der Waals surface area (Å²) in [5.74, 6) is 0.402. The van der Waals surface area contributed by atoms with Gasteiger partial charge >= 0.3 is 5.97 Å². The summed E-state index contributed by atoms with van der Waals surface area (Å²) < 4.78 is 5.77. The molecule has 1 aromatic carbocycles. The standard InChI is InChI=1S/C20H19N3O5/c1-13-16(20(24)28-21-13)12-15-6-8-19(27-15)14-5-7-17(18(11-14)23(25)26)22-9-3-2-4-10-22/h5-8,11-12H,2-4,9-10H2,1H3/b16-12+. The van der Waals surface area contributed by atoms with Crippen LogP contribution in [0.2, 0.25) is 0 Å². The molecule has 4 rings (SSSR count). The Bertz CT molecular complexity index is 999. The van der Waals surface area contributed by atoms with E-state index in [1.54, 1.807) is 31.2 Å². The van der Waals surface area contributed by atoms with Crippen LogP contribution in [0.3, 0.4) is 0 Å². The maximum Gasteiger partial charge on any atom is 0.367 e. The summed E-state index contributed by atoms with van der Waals surface area (Å²) in [6.45, 7) is 3.33. The Hall–Kier alpha value is -3.42. The molecule has 8 nitrogen and oxygen atoms in total. The van der Waals surface area contributed by atoms with Crippen LogP contribution in [0.4, 0.5) is 11.4 Å². The molecule has 2 aromatic rings. The predicted molar refractivity (Wildman–Crippen MR) is 104 cm³/mol. The molecular formula is C20H19N3O5. The number of nitrogens with zero attached hydrogens (tertiary/aromatic N) is 3. The molecule has 1 saturated heterocycles. The number of nitro groups is 1. The highest BCUT2D eigenvalue weighted by Crippen LogP contribution is 2.35. The monoisotopic (exact) mass is 381 g/mol. The van der Waals surface area contributed by atoms with Gasteiger partial charge in [0.05, 0.1) is 16.2 Å². The topological polar surface area (TPSA) is 98.2 Å². The first kappa shape index (κ1) is 18.0. The summed E-state index contributed by atoms with van der Waals surface area (Å²) >= 11 is 0. The molecule has 0 unspecified atom stereocenters. The van der Waals surface area contributed by atoms with Gasteiger partial charge in [-0.3, -0.25) is 10.1 Å². The van der Waals surface area contributed by atoms with Gasteiger partial charge in [-0.15, -0.1) is 0 Å². The van der Waals surface area contributed by atoms with Gasteiger partial charge in [0.15, 0.2) is 0 Å². The number of hydrogen-bond acceptors (Lipinski definition) is 7. The molecule has 144 valence electrons. The average Bonchev–Trinajstić information content (AvgIpc) is 3.30. The zero-order valence-corrected chi connectivity index (χ0v) is 15.4. The van der Waals surface area contributed by atoms with Crippen molar-refractivity contribution in [3.8, 4) is 11.3 Å².